The van der Waals surface area contributed by atoms with E-state index in [1.54, 1.807) is 0 Å². The zero-order valence-corrected chi connectivity index (χ0v) is 15.7. The first-order valence-corrected chi connectivity index (χ1v) is 9.50. The smallest absolute Gasteiger partial charge is 0.309 e. The fourth-order valence-electron chi connectivity index (χ4n) is 3.38. The van der Waals surface area contributed by atoms with Crippen LogP contribution in [0.25, 0.3) is 0 Å². The van der Waals surface area contributed by atoms with Crippen LogP contribution in [0.4, 0.5) is 5.69 Å². The van der Waals surface area contributed by atoms with Crippen molar-refractivity contribution in [2.75, 3.05) is 25.0 Å². The van der Waals surface area contributed by atoms with Gasteiger partial charge in [0.05, 0.1) is 12.5 Å². The molecule has 0 atom stereocenters. The van der Waals surface area contributed by atoms with Crippen molar-refractivity contribution in [2.45, 2.75) is 26.3 Å². The molecule has 0 bridgehead atoms. The van der Waals surface area contributed by atoms with Crippen molar-refractivity contribution in [3.63, 3.8) is 0 Å². The number of amides is 1. The number of para-hydroxylation sites is 1. The van der Waals surface area contributed by atoms with Crippen LogP contribution in [0, 0.1) is 5.92 Å². The average molecular weight is 366 g/mol. The summed E-state index contributed by atoms with van der Waals surface area (Å²) in [5, 5.41) is 2.92. The third kappa shape index (κ3) is 5.41. The highest BCUT2D eigenvalue weighted by Gasteiger charge is 2.25. The van der Waals surface area contributed by atoms with Gasteiger partial charge in [-0.15, -0.1) is 0 Å². The van der Waals surface area contributed by atoms with Crippen molar-refractivity contribution < 1.29 is 14.3 Å². The molecule has 0 spiro atoms. The number of nitrogens with zero attached hydrogens (tertiary/aromatic N) is 1. The number of piperidine rings is 1. The maximum absolute atomic E-state index is 12.5. The van der Waals surface area contributed by atoms with Gasteiger partial charge in [-0.25, -0.2) is 0 Å². The molecule has 2 aromatic rings. The Hall–Kier alpha value is -2.66. The van der Waals surface area contributed by atoms with E-state index in [2.05, 4.69) is 10.2 Å². The molecule has 1 aliphatic rings. The summed E-state index contributed by atoms with van der Waals surface area (Å²) in [4.78, 5) is 26.6. The lowest BCUT2D eigenvalue weighted by Gasteiger charge is -2.30. The van der Waals surface area contributed by atoms with Crippen LogP contribution in [-0.4, -0.2) is 36.5 Å². The number of ether oxygens (including phenoxy) is 1. The summed E-state index contributed by atoms with van der Waals surface area (Å²) in [7, 11) is 0. The summed E-state index contributed by atoms with van der Waals surface area (Å²) in [5.74, 6) is -0.162. The van der Waals surface area contributed by atoms with E-state index in [0.717, 1.165) is 43.7 Å². The van der Waals surface area contributed by atoms with E-state index in [4.69, 9.17) is 4.74 Å². The molecule has 2 aromatic carbocycles. The van der Waals surface area contributed by atoms with E-state index in [9.17, 15) is 9.59 Å². The number of esters is 1. The zero-order valence-electron chi connectivity index (χ0n) is 15.7. The van der Waals surface area contributed by atoms with Crippen molar-refractivity contribution in [1.82, 2.24) is 4.90 Å². The maximum Gasteiger partial charge on any atom is 0.309 e. The molecule has 142 valence electrons. The molecule has 1 heterocycles. The van der Waals surface area contributed by atoms with Crippen LogP contribution in [0.1, 0.15) is 35.7 Å². The van der Waals surface area contributed by atoms with Gasteiger partial charge in [0.25, 0.3) is 5.91 Å². The average Bonchev–Trinajstić information content (AvgIpc) is 2.70. The van der Waals surface area contributed by atoms with E-state index in [-0.39, 0.29) is 17.8 Å². The van der Waals surface area contributed by atoms with Crippen LogP contribution in [-0.2, 0) is 16.1 Å². The molecule has 1 amide bonds. The SMILES string of the molecule is CCOC(=O)C1CCN(Cc2cccc(C(=O)Nc3ccccc3)c2)CC1. The number of carbonyl (C=O) groups is 2. The minimum absolute atomic E-state index is 0.0178. The molecular weight excluding hydrogens is 340 g/mol. The van der Waals surface area contributed by atoms with Crippen molar-refractivity contribution in [2.24, 2.45) is 5.92 Å². The standard InChI is InChI=1S/C22H26N2O3/c1-2-27-22(26)18-11-13-24(14-12-18)16-17-7-6-8-19(15-17)21(25)23-20-9-4-3-5-10-20/h3-10,15,18H,2,11-14,16H2,1H3,(H,23,25). The lowest BCUT2D eigenvalue weighted by atomic mass is 9.96. The summed E-state index contributed by atoms with van der Waals surface area (Å²) in [6.45, 7) is 4.79. The number of rotatable bonds is 6. The minimum Gasteiger partial charge on any atom is -0.466 e. The molecule has 27 heavy (non-hydrogen) atoms. The summed E-state index contributed by atoms with van der Waals surface area (Å²) < 4.78 is 5.12. The lowest BCUT2D eigenvalue weighted by molar-refractivity contribution is -0.149. The molecule has 0 aliphatic carbocycles. The Bertz CT molecular complexity index is 768. The second-order valence-electron chi connectivity index (χ2n) is 6.82. The fourth-order valence-corrected chi connectivity index (χ4v) is 3.38. The molecule has 1 N–H and O–H groups in total. The molecule has 5 nitrogen and oxygen atoms in total. The second kappa shape index (κ2) is 9.33. The topological polar surface area (TPSA) is 58.6 Å². The first kappa shape index (κ1) is 19.1. The van der Waals surface area contributed by atoms with Gasteiger partial charge < -0.3 is 10.1 Å². The van der Waals surface area contributed by atoms with Crippen molar-refractivity contribution in [3.8, 4) is 0 Å². The summed E-state index contributed by atoms with van der Waals surface area (Å²) in [6, 6.07) is 17.2. The van der Waals surface area contributed by atoms with Crippen molar-refractivity contribution in [3.05, 3.63) is 65.7 Å². The Balaban J connectivity index is 1.55. The van der Waals surface area contributed by atoms with Crippen LogP contribution in [0.2, 0.25) is 0 Å². The van der Waals surface area contributed by atoms with Crippen LogP contribution in [0.3, 0.4) is 0 Å². The number of carbonyl (C=O) groups excluding carboxylic acids is 2. The first-order chi connectivity index (χ1) is 13.2. The van der Waals surface area contributed by atoms with Gasteiger partial charge in [0, 0.05) is 17.8 Å². The highest BCUT2D eigenvalue weighted by molar-refractivity contribution is 6.04. The molecule has 5 heteroatoms. The number of benzene rings is 2. The van der Waals surface area contributed by atoms with Gasteiger partial charge >= 0.3 is 5.97 Å². The van der Waals surface area contributed by atoms with E-state index in [0.29, 0.717) is 12.2 Å². The van der Waals surface area contributed by atoms with E-state index >= 15 is 0 Å². The Morgan fingerprint density at radius 2 is 1.81 bits per heavy atom. The van der Waals surface area contributed by atoms with Gasteiger partial charge in [0.2, 0.25) is 0 Å². The third-order valence-electron chi connectivity index (χ3n) is 4.83. The number of nitrogens with one attached hydrogen (secondary N) is 1. The van der Waals surface area contributed by atoms with Crippen LogP contribution in [0.15, 0.2) is 54.6 Å². The van der Waals surface area contributed by atoms with E-state index in [1.807, 2.05) is 61.5 Å². The highest BCUT2D eigenvalue weighted by atomic mass is 16.5. The zero-order chi connectivity index (χ0) is 19.1. The van der Waals surface area contributed by atoms with Gasteiger partial charge in [-0.1, -0.05) is 30.3 Å². The number of likely N-dealkylation sites (tertiary alicyclic amines) is 1. The first-order valence-electron chi connectivity index (χ1n) is 9.50. The van der Waals surface area contributed by atoms with E-state index < -0.39 is 0 Å². The highest BCUT2D eigenvalue weighted by Crippen LogP contribution is 2.21. The van der Waals surface area contributed by atoms with Gasteiger partial charge in [-0.2, -0.15) is 0 Å². The Kier molecular flexibility index (Phi) is 6.60. The molecular formula is C22H26N2O3. The number of hydrogen-bond acceptors (Lipinski definition) is 4. The molecule has 0 radical (unpaired) electrons. The third-order valence-corrected chi connectivity index (χ3v) is 4.83. The van der Waals surface area contributed by atoms with Crippen molar-refractivity contribution in [1.29, 1.82) is 0 Å². The van der Waals surface area contributed by atoms with Gasteiger partial charge in [0.15, 0.2) is 0 Å². The summed E-state index contributed by atoms with van der Waals surface area (Å²) in [6.07, 6.45) is 1.65. The Morgan fingerprint density at radius 3 is 2.52 bits per heavy atom. The Labute approximate surface area is 160 Å². The van der Waals surface area contributed by atoms with Gasteiger partial charge in [-0.05, 0) is 62.7 Å². The summed E-state index contributed by atoms with van der Waals surface area (Å²) in [5.41, 5.74) is 2.54. The van der Waals surface area contributed by atoms with Crippen molar-refractivity contribution >= 4 is 17.6 Å². The molecule has 1 saturated heterocycles. The molecule has 0 aromatic heterocycles. The number of hydrogen-bond donors (Lipinski definition) is 1. The minimum atomic E-state index is -0.107. The van der Waals surface area contributed by atoms with Gasteiger partial charge in [-0.3, -0.25) is 14.5 Å². The Morgan fingerprint density at radius 1 is 1.07 bits per heavy atom. The monoisotopic (exact) mass is 366 g/mol. The molecule has 0 saturated carbocycles. The number of anilines is 1. The molecule has 3 rings (SSSR count). The largest absolute Gasteiger partial charge is 0.466 e. The molecule has 1 fully saturated rings. The quantitative estimate of drug-likeness (QED) is 0.792. The predicted molar refractivity (Wildman–Crippen MR) is 105 cm³/mol. The normalized spacial score (nSPS) is 15.3. The van der Waals surface area contributed by atoms with E-state index in [1.165, 1.54) is 0 Å². The van der Waals surface area contributed by atoms with Crippen LogP contribution >= 0.6 is 0 Å². The maximum atomic E-state index is 12.5. The van der Waals surface area contributed by atoms with Gasteiger partial charge in [0.1, 0.15) is 0 Å². The van der Waals surface area contributed by atoms with Crippen LogP contribution < -0.4 is 5.32 Å². The molecule has 1 aliphatic heterocycles. The predicted octanol–water partition coefficient (Wildman–Crippen LogP) is 3.71. The summed E-state index contributed by atoms with van der Waals surface area (Å²) >= 11 is 0. The fraction of sp³-hybridized carbons (Fsp3) is 0.364. The lowest BCUT2D eigenvalue weighted by Crippen LogP contribution is -2.36. The second-order valence-corrected chi connectivity index (χ2v) is 6.82. The molecule has 0 unspecified atom stereocenters. The van der Waals surface area contributed by atoms with Crippen LogP contribution in [0.5, 0.6) is 0 Å².